The second-order valence-corrected chi connectivity index (χ2v) is 8.64. The summed E-state index contributed by atoms with van der Waals surface area (Å²) in [6, 6.07) is 24.4. The Kier molecular flexibility index (Phi) is 7.55. The van der Waals surface area contributed by atoms with Crippen molar-refractivity contribution in [2.24, 2.45) is 5.10 Å². The minimum Gasteiger partial charge on any atom is -0.322 e. The van der Waals surface area contributed by atoms with Crippen LogP contribution in [0.4, 0.5) is 5.69 Å². The Hall–Kier alpha value is -3.73. The zero-order chi connectivity index (χ0) is 23.0. The first-order valence-corrected chi connectivity index (χ1v) is 10.7. The van der Waals surface area contributed by atoms with Crippen LogP contribution in [0.15, 0.2) is 84.0 Å². The van der Waals surface area contributed by atoms with Crippen LogP contribution in [-0.2, 0) is 11.8 Å². The number of carbonyl (C=O) groups is 2. The summed E-state index contributed by atoms with van der Waals surface area (Å²) in [5, 5.41) is 6.86. The second kappa shape index (κ2) is 10.5. The molecule has 0 bridgehead atoms. The predicted molar refractivity (Wildman–Crippen MR) is 130 cm³/mol. The molecule has 0 saturated heterocycles. The molecule has 5 nitrogen and oxygen atoms in total. The molecule has 0 spiro atoms. The highest BCUT2D eigenvalue weighted by atomic mass is 16.2. The summed E-state index contributed by atoms with van der Waals surface area (Å²) in [4.78, 5) is 24.7. The third-order valence-corrected chi connectivity index (χ3v) is 5.08. The van der Waals surface area contributed by atoms with Gasteiger partial charge in [-0.05, 0) is 65.8 Å². The first-order chi connectivity index (χ1) is 15.3. The number of carbonyl (C=O) groups excluding carboxylic acids is 2. The number of hydrogen-bond donors (Lipinski definition) is 2. The van der Waals surface area contributed by atoms with Crippen molar-refractivity contribution in [1.82, 2.24) is 5.43 Å². The van der Waals surface area contributed by atoms with E-state index < -0.39 is 0 Å². The smallest absolute Gasteiger partial charge is 0.271 e. The molecule has 2 N–H and O–H groups in total. The third kappa shape index (κ3) is 6.64. The summed E-state index contributed by atoms with van der Waals surface area (Å²) in [6.07, 6.45) is 3.31. The molecule has 0 saturated carbocycles. The number of anilines is 1. The lowest BCUT2D eigenvalue weighted by Crippen LogP contribution is -2.18. The number of hydrazone groups is 1. The molecule has 164 valence electrons. The molecular formula is C27H29N3O2. The summed E-state index contributed by atoms with van der Waals surface area (Å²) in [7, 11) is 0. The van der Waals surface area contributed by atoms with E-state index in [2.05, 4.69) is 48.7 Å². The monoisotopic (exact) mass is 427 g/mol. The van der Waals surface area contributed by atoms with Crippen LogP contribution < -0.4 is 10.7 Å². The molecule has 0 fully saturated rings. The van der Waals surface area contributed by atoms with E-state index >= 15 is 0 Å². The summed E-state index contributed by atoms with van der Waals surface area (Å²) in [5.74, 6) is -0.484. The Balaban J connectivity index is 1.49. The Morgan fingerprint density at radius 1 is 0.812 bits per heavy atom. The van der Waals surface area contributed by atoms with Crippen molar-refractivity contribution >= 4 is 23.7 Å². The number of nitrogens with one attached hydrogen (secondary N) is 2. The van der Waals surface area contributed by atoms with Gasteiger partial charge in [0.2, 0.25) is 0 Å². The largest absolute Gasteiger partial charge is 0.322 e. The highest BCUT2D eigenvalue weighted by molar-refractivity contribution is 6.04. The van der Waals surface area contributed by atoms with Gasteiger partial charge in [-0.25, -0.2) is 5.43 Å². The fourth-order valence-corrected chi connectivity index (χ4v) is 3.14. The molecule has 3 aromatic carbocycles. The van der Waals surface area contributed by atoms with Crippen LogP contribution in [-0.4, -0.2) is 18.0 Å². The van der Waals surface area contributed by atoms with Gasteiger partial charge in [0.25, 0.3) is 11.8 Å². The molecule has 32 heavy (non-hydrogen) atoms. The lowest BCUT2D eigenvalue weighted by molar-refractivity contribution is 0.0954. The molecule has 0 radical (unpaired) electrons. The van der Waals surface area contributed by atoms with Crippen LogP contribution in [0.1, 0.15) is 59.0 Å². The van der Waals surface area contributed by atoms with Crippen molar-refractivity contribution in [2.45, 2.75) is 39.0 Å². The number of amides is 2. The van der Waals surface area contributed by atoms with E-state index in [4.69, 9.17) is 0 Å². The van der Waals surface area contributed by atoms with Gasteiger partial charge in [-0.15, -0.1) is 0 Å². The summed E-state index contributed by atoms with van der Waals surface area (Å²) >= 11 is 0. The molecule has 0 unspecified atom stereocenters. The molecule has 0 aliphatic carbocycles. The number of nitrogens with zero attached hydrogens (tertiary/aromatic N) is 1. The second-order valence-electron chi connectivity index (χ2n) is 8.64. The van der Waals surface area contributed by atoms with Gasteiger partial charge in [-0.2, -0.15) is 5.10 Å². The van der Waals surface area contributed by atoms with Gasteiger partial charge >= 0.3 is 0 Å². The van der Waals surface area contributed by atoms with Gasteiger partial charge in [0.15, 0.2) is 0 Å². The normalized spacial score (nSPS) is 11.3. The lowest BCUT2D eigenvalue weighted by atomic mass is 9.87. The molecule has 0 aromatic heterocycles. The maximum atomic E-state index is 12.5. The van der Waals surface area contributed by atoms with Crippen LogP contribution in [0.3, 0.4) is 0 Å². The minimum absolute atomic E-state index is 0.0390. The molecule has 3 aromatic rings. The molecule has 0 aliphatic rings. The molecule has 0 atom stereocenters. The van der Waals surface area contributed by atoms with E-state index in [9.17, 15) is 9.59 Å². The van der Waals surface area contributed by atoms with Gasteiger partial charge in [0, 0.05) is 23.0 Å². The van der Waals surface area contributed by atoms with E-state index in [1.807, 2.05) is 42.5 Å². The molecule has 2 amide bonds. The van der Waals surface area contributed by atoms with Gasteiger partial charge < -0.3 is 5.32 Å². The van der Waals surface area contributed by atoms with E-state index in [0.717, 1.165) is 12.8 Å². The number of hydrogen-bond acceptors (Lipinski definition) is 3. The van der Waals surface area contributed by atoms with Crippen molar-refractivity contribution in [3.05, 3.63) is 101 Å². The number of benzene rings is 3. The SMILES string of the molecule is CC(C)(C)c1ccc(C(=O)Nc2ccc(C(=O)NN=CCCc3ccccc3)cc2)cc1. The van der Waals surface area contributed by atoms with Crippen LogP contribution in [0.5, 0.6) is 0 Å². The molecule has 3 rings (SSSR count). The topological polar surface area (TPSA) is 70.6 Å². The van der Waals surface area contributed by atoms with Gasteiger partial charge in [0.05, 0.1) is 0 Å². The Morgan fingerprint density at radius 3 is 2.03 bits per heavy atom. The van der Waals surface area contributed by atoms with Crippen LogP contribution >= 0.6 is 0 Å². The van der Waals surface area contributed by atoms with Gasteiger partial charge in [-0.3, -0.25) is 9.59 Å². The first kappa shape index (κ1) is 22.9. The Morgan fingerprint density at radius 2 is 1.41 bits per heavy atom. The Labute approximate surface area is 189 Å². The van der Waals surface area contributed by atoms with E-state index in [1.54, 1.807) is 30.5 Å². The molecule has 0 heterocycles. The fourth-order valence-electron chi connectivity index (χ4n) is 3.14. The number of rotatable bonds is 7. The summed E-state index contributed by atoms with van der Waals surface area (Å²) in [6.45, 7) is 6.40. The van der Waals surface area contributed by atoms with Gasteiger partial charge in [0.1, 0.15) is 0 Å². The van der Waals surface area contributed by atoms with Crippen LogP contribution in [0.25, 0.3) is 0 Å². The molecular weight excluding hydrogens is 398 g/mol. The molecule has 0 aliphatic heterocycles. The van der Waals surface area contributed by atoms with Crippen molar-refractivity contribution in [2.75, 3.05) is 5.32 Å². The highest BCUT2D eigenvalue weighted by Crippen LogP contribution is 2.22. The van der Waals surface area contributed by atoms with Crippen molar-refractivity contribution in [3.63, 3.8) is 0 Å². The van der Waals surface area contributed by atoms with Gasteiger partial charge in [-0.1, -0.05) is 63.2 Å². The summed E-state index contributed by atoms with van der Waals surface area (Å²) in [5.41, 5.74) is 6.65. The maximum absolute atomic E-state index is 12.5. The third-order valence-electron chi connectivity index (χ3n) is 5.08. The van der Waals surface area contributed by atoms with E-state index in [1.165, 1.54) is 11.1 Å². The quantitative estimate of drug-likeness (QED) is 0.381. The number of aryl methyl sites for hydroxylation is 1. The maximum Gasteiger partial charge on any atom is 0.271 e. The predicted octanol–water partition coefficient (Wildman–Crippen LogP) is 5.58. The van der Waals surface area contributed by atoms with E-state index in [0.29, 0.717) is 16.8 Å². The fraction of sp³-hybridized carbons (Fsp3) is 0.222. The zero-order valence-corrected chi connectivity index (χ0v) is 18.8. The average molecular weight is 428 g/mol. The van der Waals surface area contributed by atoms with Crippen molar-refractivity contribution in [1.29, 1.82) is 0 Å². The van der Waals surface area contributed by atoms with Crippen LogP contribution in [0, 0.1) is 0 Å². The van der Waals surface area contributed by atoms with E-state index in [-0.39, 0.29) is 17.2 Å². The Bertz CT molecular complexity index is 1060. The van der Waals surface area contributed by atoms with Crippen molar-refractivity contribution < 1.29 is 9.59 Å². The highest BCUT2D eigenvalue weighted by Gasteiger charge is 2.14. The van der Waals surface area contributed by atoms with Crippen molar-refractivity contribution in [3.8, 4) is 0 Å². The zero-order valence-electron chi connectivity index (χ0n) is 18.8. The van der Waals surface area contributed by atoms with Crippen LogP contribution in [0.2, 0.25) is 0 Å². The lowest BCUT2D eigenvalue weighted by Gasteiger charge is -2.19. The summed E-state index contributed by atoms with van der Waals surface area (Å²) < 4.78 is 0. The standard InChI is InChI=1S/C27H29N3O2/c1-27(2,3)23-15-11-21(12-16-23)25(31)29-24-17-13-22(14-18-24)26(32)30-28-19-7-10-20-8-5-4-6-9-20/h4-6,8-9,11-19H,7,10H2,1-3H3,(H,29,31)(H,30,32). The molecule has 5 heteroatoms. The average Bonchev–Trinajstić information content (AvgIpc) is 2.79. The first-order valence-electron chi connectivity index (χ1n) is 10.7. The minimum atomic E-state index is -0.295.